The molecule has 0 aliphatic heterocycles. The van der Waals surface area contributed by atoms with Crippen molar-refractivity contribution in [3.63, 3.8) is 0 Å². The highest BCUT2D eigenvalue weighted by Gasteiger charge is 2.33. The summed E-state index contributed by atoms with van der Waals surface area (Å²) in [5.41, 5.74) is 1.02. The van der Waals surface area contributed by atoms with Crippen molar-refractivity contribution in [3.05, 3.63) is 23.9 Å². The Bertz CT molecular complexity index is 376. The van der Waals surface area contributed by atoms with E-state index < -0.39 is 11.4 Å². The molecule has 1 aromatic rings. The van der Waals surface area contributed by atoms with Crippen LogP contribution in [-0.2, 0) is 11.4 Å². The monoisotopic (exact) mass is 270 g/mol. The van der Waals surface area contributed by atoms with Gasteiger partial charge in [-0.3, -0.25) is 0 Å². The van der Waals surface area contributed by atoms with Crippen LogP contribution in [-0.4, -0.2) is 32.7 Å². The van der Waals surface area contributed by atoms with E-state index in [0.29, 0.717) is 5.88 Å². The summed E-state index contributed by atoms with van der Waals surface area (Å²) in [7, 11) is 3.46. The van der Waals surface area contributed by atoms with Crippen molar-refractivity contribution in [3.8, 4) is 5.88 Å². The van der Waals surface area contributed by atoms with Gasteiger partial charge in [0.05, 0.1) is 13.2 Å². The average Bonchev–Trinajstić information content (AvgIpc) is 2.35. The third-order valence-corrected chi connectivity index (χ3v) is 4.67. The molecule has 0 radical (unpaired) electrons. The van der Waals surface area contributed by atoms with Gasteiger partial charge in [0.2, 0.25) is 5.88 Å². The van der Waals surface area contributed by atoms with Crippen LogP contribution in [0.3, 0.4) is 0 Å². The molecule has 0 aliphatic rings. The molecule has 2 unspecified atom stereocenters. The quantitative estimate of drug-likeness (QED) is 0.789. The summed E-state index contributed by atoms with van der Waals surface area (Å²) in [6.07, 6.45) is 1.76. The van der Waals surface area contributed by atoms with Gasteiger partial charge < -0.3 is 9.29 Å². The summed E-state index contributed by atoms with van der Waals surface area (Å²) in [5.74, 6) is 0.588. The first-order valence-corrected chi connectivity index (χ1v) is 7.03. The standard InChI is InChI=1S/C13H22N2O2S/c1-10(15(5)18(16)13(2,3)4)11-7-8-12(17-6)14-9-11/h7-10H,1-6H3. The Morgan fingerprint density at radius 3 is 2.39 bits per heavy atom. The molecule has 18 heavy (non-hydrogen) atoms. The average molecular weight is 270 g/mol. The number of hydrogen-bond donors (Lipinski definition) is 0. The Labute approximate surface area is 113 Å². The highest BCUT2D eigenvalue weighted by molar-refractivity contribution is 7.90. The Balaban J connectivity index is 2.82. The van der Waals surface area contributed by atoms with Crippen LogP contribution in [0.15, 0.2) is 18.3 Å². The van der Waals surface area contributed by atoms with Crippen molar-refractivity contribution in [2.75, 3.05) is 14.2 Å². The van der Waals surface area contributed by atoms with Crippen molar-refractivity contribution in [1.82, 2.24) is 9.29 Å². The van der Waals surface area contributed by atoms with Gasteiger partial charge in [-0.2, -0.15) is 0 Å². The molecular weight excluding hydrogens is 248 g/mol. The normalized spacial score (nSPS) is 15.6. The van der Waals surface area contributed by atoms with E-state index in [-0.39, 0.29) is 10.8 Å². The fraction of sp³-hybridized carbons (Fsp3) is 0.615. The number of nitrogens with zero attached hydrogens (tertiary/aromatic N) is 2. The van der Waals surface area contributed by atoms with Crippen LogP contribution in [0, 0.1) is 0 Å². The van der Waals surface area contributed by atoms with Gasteiger partial charge in [0.25, 0.3) is 0 Å². The fourth-order valence-corrected chi connectivity index (χ4v) is 2.82. The zero-order valence-corrected chi connectivity index (χ0v) is 12.7. The maximum absolute atomic E-state index is 12.3. The Kier molecular flexibility index (Phi) is 5.01. The summed E-state index contributed by atoms with van der Waals surface area (Å²) in [5, 5.41) is 0. The van der Waals surface area contributed by atoms with E-state index in [1.807, 2.05) is 51.2 Å². The van der Waals surface area contributed by atoms with Crippen molar-refractivity contribution >= 4 is 11.4 Å². The molecule has 1 aromatic heterocycles. The van der Waals surface area contributed by atoms with E-state index in [0.717, 1.165) is 5.56 Å². The Morgan fingerprint density at radius 2 is 2.00 bits per heavy atom. The molecule has 0 spiro atoms. The summed E-state index contributed by atoms with van der Waals surface area (Å²) in [6.45, 7) is 7.93. The minimum absolute atomic E-state index is 0.0449. The van der Waals surface area contributed by atoms with E-state index in [9.17, 15) is 4.55 Å². The van der Waals surface area contributed by atoms with Crippen LogP contribution in [0.1, 0.15) is 39.3 Å². The first kappa shape index (κ1) is 15.3. The van der Waals surface area contributed by atoms with Gasteiger partial charge >= 0.3 is 0 Å². The van der Waals surface area contributed by atoms with Crippen LogP contribution < -0.4 is 4.74 Å². The topological polar surface area (TPSA) is 48.4 Å². The van der Waals surface area contributed by atoms with Crippen molar-refractivity contribution in [1.29, 1.82) is 0 Å². The Morgan fingerprint density at radius 1 is 1.39 bits per heavy atom. The van der Waals surface area contributed by atoms with E-state index in [2.05, 4.69) is 4.98 Å². The predicted octanol–water partition coefficient (Wildman–Crippen LogP) is 2.55. The van der Waals surface area contributed by atoms with Gasteiger partial charge in [0.1, 0.15) is 4.75 Å². The van der Waals surface area contributed by atoms with E-state index in [1.54, 1.807) is 13.3 Å². The van der Waals surface area contributed by atoms with Gasteiger partial charge in [-0.05, 0) is 33.3 Å². The van der Waals surface area contributed by atoms with Gasteiger partial charge in [-0.15, -0.1) is 4.31 Å². The summed E-state index contributed by atoms with van der Waals surface area (Å²) < 4.78 is 18.9. The molecule has 0 bridgehead atoms. The minimum atomic E-state index is -1.05. The highest BCUT2D eigenvalue weighted by Crippen LogP contribution is 2.28. The maximum Gasteiger partial charge on any atom is 0.212 e. The zero-order chi connectivity index (χ0) is 13.9. The number of aromatic nitrogens is 1. The predicted molar refractivity (Wildman–Crippen MR) is 74.9 cm³/mol. The number of pyridine rings is 1. The lowest BCUT2D eigenvalue weighted by Crippen LogP contribution is -2.41. The maximum atomic E-state index is 12.3. The first-order valence-electron chi connectivity index (χ1n) is 5.92. The van der Waals surface area contributed by atoms with Crippen LogP contribution in [0.25, 0.3) is 0 Å². The number of rotatable bonds is 4. The third kappa shape index (κ3) is 3.60. The van der Waals surface area contributed by atoms with Crippen molar-refractivity contribution in [2.45, 2.75) is 38.5 Å². The smallest absolute Gasteiger partial charge is 0.212 e. The summed E-state index contributed by atoms with van der Waals surface area (Å²) in [6, 6.07) is 3.82. The third-order valence-electron chi connectivity index (χ3n) is 2.78. The van der Waals surface area contributed by atoms with Crippen LogP contribution >= 0.6 is 0 Å². The SMILES string of the molecule is COc1ccc(C(C)N(C)[S+]([O-])C(C)(C)C)cn1. The number of methoxy groups -OCH3 is 1. The molecule has 0 amide bonds. The molecule has 0 N–H and O–H groups in total. The molecule has 2 atom stereocenters. The van der Waals surface area contributed by atoms with Crippen molar-refractivity contribution < 1.29 is 9.29 Å². The number of hydrogen-bond acceptors (Lipinski definition) is 4. The van der Waals surface area contributed by atoms with Crippen molar-refractivity contribution in [2.24, 2.45) is 0 Å². The van der Waals surface area contributed by atoms with Gasteiger partial charge in [0, 0.05) is 30.7 Å². The molecule has 0 aromatic carbocycles. The van der Waals surface area contributed by atoms with E-state index >= 15 is 0 Å². The lowest BCUT2D eigenvalue weighted by molar-refractivity contribution is 0.378. The lowest BCUT2D eigenvalue weighted by Gasteiger charge is -2.33. The molecule has 102 valence electrons. The highest BCUT2D eigenvalue weighted by atomic mass is 32.2. The second-order valence-corrected chi connectivity index (χ2v) is 7.52. The fourth-order valence-electron chi connectivity index (χ4n) is 1.55. The molecule has 1 heterocycles. The van der Waals surface area contributed by atoms with Crippen LogP contribution in [0.5, 0.6) is 5.88 Å². The molecule has 1 rings (SSSR count). The second kappa shape index (κ2) is 5.91. The molecule has 0 aliphatic carbocycles. The molecule has 0 fully saturated rings. The first-order chi connectivity index (χ1) is 8.27. The molecule has 5 heteroatoms. The molecule has 4 nitrogen and oxygen atoms in total. The van der Waals surface area contributed by atoms with Crippen LogP contribution in [0.2, 0.25) is 0 Å². The minimum Gasteiger partial charge on any atom is -0.597 e. The lowest BCUT2D eigenvalue weighted by atomic mass is 10.1. The Hall–Kier alpha value is -0.780. The van der Waals surface area contributed by atoms with Crippen LogP contribution in [0.4, 0.5) is 0 Å². The second-order valence-electron chi connectivity index (χ2n) is 5.22. The van der Waals surface area contributed by atoms with E-state index in [4.69, 9.17) is 4.74 Å². The van der Waals surface area contributed by atoms with Gasteiger partial charge in [-0.1, -0.05) is 6.07 Å². The zero-order valence-electron chi connectivity index (χ0n) is 11.9. The van der Waals surface area contributed by atoms with Gasteiger partial charge in [-0.25, -0.2) is 4.98 Å². The van der Waals surface area contributed by atoms with E-state index in [1.165, 1.54) is 0 Å². The molecule has 0 saturated carbocycles. The summed E-state index contributed by atoms with van der Waals surface area (Å²) in [4.78, 5) is 4.17. The summed E-state index contributed by atoms with van der Waals surface area (Å²) >= 11 is -1.05. The molecular formula is C13H22N2O2S. The largest absolute Gasteiger partial charge is 0.597 e. The van der Waals surface area contributed by atoms with Gasteiger partial charge in [0.15, 0.2) is 0 Å². The number of ether oxygens (including phenoxy) is 1. The molecule has 0 saturated heterocycles.